The van der Waals surface area contributed by atoms with Crippen molar-refractivity contribution in [3.8, 4) is 0 Å². The van der Waals surface area contributed by atoms with Crippen LogP contribution in [-0.2, 0) is 14.3 Å². The van der Waals surface area contributed by atoms with Crippen molar-refractivity contribution >= 4 is 5.97 Å². The minimum atomic E-state index is -0.205. The molecule has 4 aliphatic carbocycles. The van der Waals surface area contributed by atoms with Crippen LogP contribution in [0.4, 0.5) is 0 Å². The van der Waals surface area contributed by atoms with Crippen LogP contribution in [0.25, 0.3) is 0 Å². The molecule has 2 unspecified atom stereocenters. The Morgan fingerprint density at radius 2 is 1.94 bits per heavy atom. The number of aliphatic hydroxyl groups is 1. The summed E-state index contributed by atoms with van der Waals surface area (Å²) in [6.45, 7) is 11.6. The summed E-state index contributed by atoms with van der Waals surface area (Å²) < 4.78 is 11.4. The first-order valence-electron chi connectivity index (χ1n) is 13.6. The summed E-state index contributed by atoms with van der Waals surface area (Å²) in [6.07, 6.45) is 14.6. The van der Waals surface area contributed by atoms with E-state index in [2.05, 4.69) is 26.8 Å². The van der Waals surface area contributed by atoms with Gasteiger partial charge >= 0.3 is 5.97 Å². The van der Waals surface area contributed by atoms with Gasteiger partial charge in [0.1, 0.15) is 6.10 Å². The van der Waals surface area contributed by atoms with Crippen LogP contribution >= 0.6 is 0 Å². The third kappa shape index (κ3) is 4.72. The molecule has 186 valence electrons. The van der Waals surface area contributed by atoms with Crippen LogP contribution in [0.3, 0.4) is 0 Å². The number of hydrogen-bond acceptors (Lipinski definition) is 4. The zero-order valence-corrected chi connectivity index (χ0v) is 21.6. The van der Waals surface area contributed by atoms with Crippen LogP contribution in [0.5, 0.6) is 0 Å². The molecule has 0 aromatic rings. The quantitative estimate of drug-likeness (QED) is 0.355. The van der Waals surface area contributed by atoms with Crippen molar-refractivity contribution in [1.29, 1.82) is 0 Å². The molecule has 0 saturated heterocycles. The van der Waals surface area contributed by atoms with Crippen LogP contribution in [0.2, 0.25) is 0 Å². The molecule has 0 radical (unpaired) electrons. The second-order valence-electron chi connectivity index (χ2n) is 11.8. The third-order valence-electron chi connectivity index (χ3n) is 10.1. The Labute approximate surface area is 201 Å². The van der Waals surface area contributed by atoms with Gasteiger partial charge in [-0.2, -0.15) is 0 Å². The fraction of sp³-hybridized carbons (Fsp3) is 0.828. The highest BCUT2D eigenvalue weighted by Crippen LogP contribution is 2.65. The van der Waals surface area contributed by atoms with Gasteiger partial charge in [0.05, 0.1) is 12.2 Å². The van der Waals surface area contributed by atoms with Gasteiger partial charge in [-0.15, -0.1) is 0 Å². The predicted octanol–water partition coefficient (Wildman–Crippen LogP) is 6.37. The summed E-state index contributed by atoms with van der Waals surface area (Å²) >= 11 is 0. The molecule has 0 amide bonds. The van der Waals surface area contributed by atoms with Gasteiger partial charge in [0.25, 0.3) is 0 Å². The molecule has 4 aliphatic rings. The lowest BCUT2D eigenvalue weighted by Crippen LogP contribution is -2.50. The van der Waals surface area contributed by atoms with E-state index in [4.69, 9.17) is 9.47 Å². The Kier molecular flexibility index (Phi) is 7.46. The van der Waals surface area contributed by atoms with Gasteiger partial charge in [0.15, 0.2) is 0 Å². The van der Waals surface area contributed by atoms with Gasteiger partial charge in [0.2, 0.25) is 0 Å². The standard InChI is InChI=1S/C29H46O4/c1-6-22(16-19(3)32-7-2)33-27(31)18-20-12-14-28(4)21(17-20)8-9-23-24-10-11-26(30)29(24,5)15-13-25(23)28/h17-19,22-26,30H,6-16H2,1-5H3/b20-18-/t19?,22?,23-,24-,25-,26-,28-,29-/m0/s1. The third-order valence-corrected chi connectivity index (χ3v) is 10.1. The fourth-order valence-corrected chi connectivity index (χ4v) is 8.07. The summed E-state index contributed by atoms with van der Waals surface area (Å²) in [5, 5.41) is 10.7. The van der Waals surface area contributed by atoms with E-state index in [0.717, 1.165) is 62.4 Å². The Morgan fingerprint density at radius 1 is 1.15 bits per heavy atom. The van der Waals surface area contributed by atoms with Crippen LogP contribution in [0.15, 0.2) is 23.3 Å². The lowest BCUT2D eigenvalue weighted by Gasteiger charge is -2.58. The number of esters is 1. The molecule has 8 atom stereocenters. The maximum absolute atomic E-state index is 12.7. The summed E-state index contributed by atoms with van der Waals surface area (Å²) in [5.74, 6) is 1.94. The highest BCUT2D eigenvalue weighted by molar-refractivity contribution is 5.83. The molecule has 33 heavy (non-hydrogen) atoms. The van der Waals surface area contributed by atoms with Crippen molar-refractivity contribution < 1.29 is 19.4 Å². The Bertz CT molecular complexity index is 784. The second kappa shape index (κ2) is 9.85. The Hall–Kier alpha value is -1.13. The molecule has 0 aliphatic heterocycles. The van der Waals surface area contributed by atoms with Gasteiger partial charge in [-0.25, -0.2) is 4.79 Å². The molecule has 4 nitrogen and oxygen atoms in total. The highest BCUT2D eigenvalue weighted by atomic mass is 16.5. The summed E-state index contributed by atoms with van der Waals surface area (Å²) in [7, 11) is 0. The number of hydrogen-bond donors (Lipinski definition) is 1. The van der Waals surface area contributed by atoms with Gasteiger partial charge < -0.3 is 14.6 Å². The number of ether oxygens (including phenoxy) is 2. The summed E-state index contributed by atoms with van der Waals surface area (Å²) in [4.78, 5) is 12.7. The normalized spacial score (nSPS) is 40.9. The SMILES string of the molecule is CCOC(C)CC(CC)OC(=O)/C=C1\C=C2CC[C@H]3[C@@H]4CC[C@H](O)[C@@]4(C)CC[C@@H]3[C@@]2(C)CC1. The van der Waals surface area contributed by atoms with E-state index in [9.17, 15) is 9.90 Å². The molecule has 0 aromatic heterocycles. The number of carbonyl (C=O) groups is 1. The average Bonchev–Trinajstić information content (AvgIpc) is 3.08. The van der Waals surface area contributed by atoms with E-state index in [1.807, 2.05) is 13.8 Å². The molecule has 1 N–H and O–H groups in total. The zero-order valence-electron chi connectivity index (χ0n) is 21.6. The van der Waals surface area contributed by atoms with E-state index in [-0.39, 0.29) is 35.1 Å². The first kappa shape index (κ1) is 25.0. The molecule has 0 bridgehead atoms. The lowest BCUT2D eigenvalue weighted by atomic mass is 9.47. The molecule has 4 rings (SSSR count). The van der Waals surface area contributed by atoms with Gasteiger partial charge in [0, 0.05) is 19.1 Å². The molecule has 0 heterocycles. The van der Waals surface area contributed by atoms with Crippen molar-refractivity contribution in [2.45, 2.75) is 117 Å². The number of rotatable bonds is 7. The average molecular weight is 459 g/mol. The molecule has 0 aromatic carbocycles. The van der Waals surface area contributed by atoms with Crippen LogP contribution in [0.1, 0.15) is 98.8 Å². The van der Waals surface area contributed by atoms with Gasteiger partial charge in [-0.05, 0) is 106 Å². The predicted molar refractivity (Wildman–Crippen MR) is 132 cm³/mol. The van der Waals surface area contributed by atoms with Crippen LogP contribution in [0, 0.1) is 28.6 Å². The monoisotopic (exact) mass is 458 g/mol. The fourth-order valence-electron chi connectivity index (χ4n) is 8.07. The van der Waals surface area contributed by atoms with Crippen LogP contribution in [-0.4, -0.2) is 36.0 Å². The topological polar surface area (TPSA) is 55.8 Å². The minimum Gasteiger partial charge on any atom is -0.459 e. The molecular weight excluding hydrogens is 412 g/mol. The van der Waals surface area contributed by atoms with E-state index in [1.165, 1.54) is 19.3 Å². The van der Waals surface area contributed by atoms with Crippen molar-refractivity contribution in [3.63, 3.8) is 0 Å². The smallest absolute Gasteiger partial charge is 0.331 e. The number of allylic oxidation sites excluding steroid dienone is 3. The number of fused-ring (bicyclic) bond motifs is 5. The van der Waals surface area contributed by atoms with Crippen molar-refractivity contribution in [2.24, 2.45) is 28.6 Å². The van der Waals surface area contributed by atoms with E-state index in [0.29, 0.717) is 12.5 Å². The molecule has 0 spiro atoms. The van der Waals surface area contributed by atoms with Crippen molar-refractivity contribution in [1.82, 2.24) is 0 Å². The number of aliphatic hydroxyl groups excluding tert-OH is 1. The molecule has 3 fully saturated rings. The van der Waals surface area contributed by atoms with E-state index < -0.39 is 0 Å². The van der Waals surface area contributed by atoms with E-state index >= 15 is 0 Å². The van der Waals surface area contributed by atoms with Crippen molar-refractivity contribution in [2.75, 3.05) is 6.61 Å². The maximum atomic E-state index is 12.7. The first-order chi connectivity index (χ1) is 15.7. The minimum absolute atomic E-state index is 0.0915. The van der Waals surface area contributed by atoms with Crippen LogP contribution < -0.4 is 0 Å². The Morgan fingerprint density at radius 3 is 2.67 bits per heavy atom. The number of carbonyl (C=O) groups excluding carboxylic acids is 1. The highest BCUT2D eigenvalue weighted by Gasteiger charge is 2.58. The first-order valence-corrected chi connectivity index (χ1v) is 13.6. The molecule has 4 heteroatoms. The lowest BCUT2D eigenvalue weighted by molar-refractivity contribution is -0.144. The van der Waals surface area contributed by atoms with Crippen molar-refractivity contribution in [3.05, 3.63) is 23.3 Å². The second-order valence-corrected chi connectivity index (χ2v) is 11.8. The van der Waals surface area contributed by atoms with Gasteiger partial charge in [-0.1, -0.05) is 32.4 Å². The zero-order chi connectivity index (χ0) is 23.8. The Balaban J connectivity index is 1.44. The summed E-state index contributed by atoms with van der Waals surface area (Å²) in [6, 6.07) is 0. The largest absolute Gasteiger partial charge is 0.459 e. The van der Waals surface area contributed by atoms with Gasteiger partial charge in [-0.3, -0.25) is 0 Å². The summed E-state index contributed by atoms with van der Waals surface area (Å²) in [5.41, 5.74) is 3.07. The molecular formula is C29H46O4. The van der Waals surface area contributed by atoms with E-state index in [1.54, 1.807) is 11.6 Å². The molecule has 3 saturated carbocycles. The maximum Gasteiger partial charge on any atom is 0.331 e.